The summed E-state index contributed by atoms with van der Waals surface area (Å²) in [6.07, 6.45) is 0. The summed E-state index contributed by atoms with van der Waals surface area (Å²) in [6, 6.07) is 16.9. The van der Waals surface area contributed by atoms with Gasteiger partial charge in [0.25, 0.3) is 5.91 Å². The Hall–Kier alpha value is -2.87. The molecule has 0 fully saturated rings. The number of amides is 1. The minimum absolute atomic E-state index is 0.161. The van der Waals surface area contributed by atoms with Crippen LogP contribution >= 0.6 is 11.6 Å². The van der Waals surface area contributed by atoms with Crippen molar-refractivity contribution in [2.45, 2.75) is 4.90 Å². The molecule has 150 valence electrons. The van der Waals surface area contributed by atoms with Crippen molar-refractivity contribution in [1.82, 2.24) is 4.31 Å². The molecule has 0 heterocycles. The summed E-state index contributed by atoms with van der Waals surface area (Å²) < 4.78 is 25.7. The fourth-order valence-corrected chi connectivity index (χ4v) is 3.95. The number of sulfonamides is 1. The Bertz CT molecular complexity index is 1170. The topological polar surface area (TPSA) is 106 Å². The molecule has 0 aromatic heterocycles. The average Bonchev–Trinajstić information content (AvgIpc) is 2.68. The van der Waals surface area contributed by atoms with Gasteiger partial charge in [0.05, 0.1) is 16.1 Å². The van der Waals surface area contributed by atoms with Crippen molar-refractivity contribution in [1.29, 1.82) is 0 Å². The van der Waals surface area contributed by atoms with E-state index in [1.807, 2.05) is 18.2 Å². The van der Waals surface area contributed by atoms with Gasteiger partial charge >= 0.3 is 0 Å². The van der Waals surface area contributed by atoms with Gasteiger partial charge < -0.3 is 11.5 Å². The molecule has 29 heavy (non-hydrogen) atoms. The molecule has 8 heteroatoms. The van der Waals surface area contributed by atoms with Crippen LogP contribution in [0.2, 0.25) is 5.02 Å². The molecule has 3 aromatic carbocycles. The number of nitrogen functional groups attached to an aromatic ring is 1. The van der Waals surface area contributed by atoms with Crippen LogP contribution in [0.5, 0.6) is 0 Å². The molecule has 6 nitrogen and oxygen atoms in total. The number of nitrogens with zero attached hydrogens (tertiary/aromatic N) is 1. The Labute approximate surface area is 174 Å². The lowest BCUT2D eigenvalue weighted by Gasteiger charge is -2.15. The van der Waals surface area contributed by atoms with Crippen molar-refractivity contribution in [2.75, 3.05) is 19.8 Å². The van der Waals surface area contributed by atoms with E-state index >= 15 is 0 Å². The molecule has 0 aliphatic rings. The second-order valence-electron chi connectivity index (χ2n) is 6.67. The van der Waals surface area contributed by atoms with Crippen LogP contribution in [0.25, 0.3) is 22.3 Å². The predicted molar refractivity (Wildman–Crippen MR) is 116 cm³/mol. The van der Waals surface area contributed by atoms with E-state index < -0.39 is 15.9 Å². The molecular weight excluding hydrogens is 410 g/mol. The first-order chi connectivity index (χ1) is 13.6. The number of benzene rings is 3. The molecule has 0 atom stereocenters. The van der Waals surface area contributed by atoms with Gasteiger partial charge in [0.2, 0.25) is 10.0 Å². The van der Waals surface area contributed by atoms with Gasteiger partial charge in [0.15, 0.2) is 0 Å². The highest BCUT2D eigenvalue weighted by Crippen LogP contribution is 2.35. The zero-order valence-corrected chi connectivity index (χ0v) is 17.5. The minimum atomic E-state index is -3.55. The van der Waals surface area contributed by atoms with E-state index in [-0.39, 0.29) is 16.1 Å². The molecule has 0 bridgehead atoms. The number of carbonyl (C=O) groups excluding carboxylic acids is 1. The molecule has 3 aromatic rings. The summed E-state index contributed by atoms with van der Waals surface area (Å²) in [6.45, 7) is 0. The fraction of sp³-hybridized carbons (Fsp3) is 0.0952. The monoisotopic (exact) mass is 429 g/mol. The minimum Gasteiger partial charge on any atom is -0.398 e. The summed E-state index contributed by atoms with van der Waals surface area (Å²) >= 11 is 5.96. The molecule has 0 spiro atoms. The third-order valence-electron chi connectivity index (χ3n) is 4.57. The van der Waals surface area contributed by atoms with Gasteiger partial charge in [-0.05, 0) is 53.1 Å². The van der Waals surface area contributed by atoms with E-state index in [1.54, 1.807) is 30.3 Å². The average molecular weight is 430 g/mol. The largest absolute Gasteiger partial charge is 0.398 e. The number of halogens is 1. The summed E-state index contributed by atoms with van der Waals surface area (Å²) in [5.74, 6) is -0.647. The molecule has 3 rings (SSSR count). The number of hydrogen-bond acceptors (Lipinski definition) is 4. The van der Waals surface area contributed by atoms with E-state index in [1.165, 1.54) is 26.2 Å². The maximum absolute atomic E-state index is 12.3. The third kappa shape index (κ3) is 4.12. The number of primary amides is 1. The first-order valence-corrected chi connectivity index (χ1v) is 10.5. The second kappa shape index (κ2) is 7.87. The van der Waals surface area contributed by atoms with Crippen molar-refractivity contribution in [3.05, 3.63) is 71.2 Å². The van der Waals surface area contributed by atoms with Crippen molar-refractivity contribution >= 4 is 33.2 Å². The van der Waals surface area contributed by atoms with E-state index in [4.69, 9.17) is 23.1 Å². The van der Waals surface area contributed by atoms with E-state index in [9.17, 15) is 13.2 Å². The molecule has 1 amide bonds. The Kier molecular flexibility index (Phi) is 5.66. The van der Waals surface area contributed by atoms with Crippen LogP contribution in [0.15, 0.2) is 65.6 Å². The first-order valence-electron chi connectivity index (χ1n) is 8.63. The lowest BCUT2D eigenvalue weighted by Crippen LogP contribution is -2.22. The molecular formula is C21H20ClN3O3S. The van der Waals surface area contributed by atoms with E-state index in [0.29, 0.717) is 16.1 Å². The lowest BCUT2D eigenvalue weighted by atomic mass is 9.94. The maximum Gasteiger partial charge on any atom is 0.250 e. The Morgan fingerprint density at radius 3 is 1.97 bits per heavy atom. The first kappa shape index (κ1) is 20.9. The number of nitrogens with two attached hydrogens (primary N) is 2. The molecule has 0 radical (unpaired) electrons. The van der Waals surface area contributed by atoms with Crippen molar-refractivity contribution in [3.63, 3.8) is 0 Å². The molecule has 0 saturated carbocycles. The fourth-order valence-electron chi connectivity index (χ4n) is 2.92. The van der Waals surface area contributed by atoms with Gasteiger partial charge in [-0.1, -0.05) is 35.9 Å². The Morgan fingerprint density at radius 2 is 1.45 bits per heavy atom. The zero-order chi connectivity index (χ0) is 21.3. The van der Waals surface area contributed by atoms with Crippen molar-refractivity contribution in [3.8, 4) is 22.3 Å². The van der Waals surface area contributed by atoms with Crippen LogP contribution in [-0.2, 0) is 10.0 Å². The number of anilines is 1. The van der Waals surface area contributed by atoms with Crippen LogP contribution in [-0.4, -0.2) is 32.7 Å². The van der Waals surface area contributed by atoms with Crippen LogP contribution in [0.1, 0.15) is 10.4 Å². The van der Waals surface area contributed by atoms with Gasteiger partial charge in [-0.2, -0.15) is 0 Å². The highest BCUT2D eigenvalue weighted by Gasteiger charge is 2.18. The highest BCUT2D eigenvalue weighted by atomic mass is 35.5. The third-order valence-corrected chi connectivity index (χ3v) is 6.65. The summed E-state index contributed by atoms with van der Waals surface area (Å²) in [5.41, 5.74) is 15.0. The molecule has 0 unspecified atom stereocenters. The molecule has 4 N–H and O–H groups in total. The Balaban J connectivity index is 2.16. The number of rotatable bonds is 5. The van der Waals surface area contributed by atoms with E-state index in [0.717, 1.165) is 15.4 Å². The van der Waals surface area contributed by atoms with Gasteiger partial charge in [-0.15, -0.1) is 0 Å². The van der Waals surface area contributed by atoms with Gasteiger partial charge in [-0.3, -0.25) is 4.79 Å². The molecule has 0 aliphatic heterocycles. The Morgan fingerprint density at radius 1 is 0.897 bits per heavy atom. The zero-order valence-electron chi connectivity index (χ0n) is 15.9. The highest BCUT2D eigenvalue weighted by molar-refractivity contribution is 7.89. The summed E-state index contributed by atoms with van der Waals surface area (Å²) in [4.78, 5) is 12.1. The smallest absolute Gasteiger partial charge is 0.250 e. The van der Waals surface area contributed by atoms with Crippen molar-refractivity contribution in [2.24, 2.45) is 5.73 Å². The SMILES string of the molecule is CN(C)S(=O)(=O)c1ccc(-c2cc(-c3ccc(Cl)cc3)cc(C(N)=O)c2N)cc1. The summed E-state index contributed by atoms with van der Waals surface area (Å²) in [7, 11) is -0.611. The summed E-state index contributed by atoms with van der Waals surface area (Å²) in [5, 5.41) is 0.595. The van der Waals surface area contributed by atoms with Crippen molar-refractivity contribution < 1.29 is 13.2 Å². The normalized spacial score (nSPS) is 11.6. The standard InChI is InChI=1S/C21H20ClN3O3S/c1-25(2)29(27,28)17-9-5-14(6-10-17)18-11-15(12-19(20(18)23)21(24)26)13-3-7-16(22)8-4-13/h3-12H,23H2,1-2H3,(H2,24,26). The second-order valence-corrected chi connectivity index (χ2v) is 9.26. The van der Waals surface area contributed by atoms with Crippen LogP contribution < -0.4 is 11.5 Å². The van der Waals surface area contributed by atoms with E-state index in [2.05, 4.69) is 0 Å². The quantitative estimate of drug-likeness (QED) is 0.604. The maximum atomic E-state index is 12.3. The van der Waals surface area contributed by atoms with Gasteiger partial charge in [0, 0.05) is 24.7 Å². The predicted octanol–water partition coefficient (Wildman–Crippen LogP) is 3.61. The van der Waals surface area contributed by atoms with Crippen LogP contribution in [0.4, 0.5) is 5.69 Å². The van der Waals surface area contributed by atoms with Gasteiger partial charge in [0.1, 0.15) is 0 Å². The molecule has 0 saturated heterocycles. The van der Waals surface area contributed by atoms with Crippen LogP contribution in [0, 0.1) is 0 Å². The molecule has 0 aliphatic carbocycles. The van der Waals surface area contributed by atoms with Gasteiger partial charge in [-0.25, -0.2) is 12.7 Å². The lowest BCUT2D eigenvalue weighted by molar-refractivity contribution is 0.100. The number of carbonyl (C=O) groups is 1. The van der Waals surface area contributed by atoms with Crippen LogP contribution in [0.3, 0.4) is 0 Å². The number of hydrogen-bond donors (Lipinski definition) is 2.